The van der Waals surface area contributed by atoms with Crippen molar-refractivity contribution < 1.29 is 19.0 Å². The van der Waals surface area contributed by atoms with Gasteiger partial charge in [0.2, 0.25) is 0 Å². The molecule has 160 valence electrons. The van der Waals surface area contributed by atoms with Crippen LogP contribution in [-0.4, -0.2) is 37.6 Å². The van der Waals surface area contributed by atoms with E-state index in [1.807, 2.05) is 49.4 Å². The molecule has 0 aliphatic rings. The largest absolute Gasteiger partial charge is 0.491 e. The lowest BCUT2D eigenvalue weighted by atomic mass is 10.1. The molecule has 0 saturated carbocycles. The Morgan fingerprint density at radius 1 is 1.07 bits per heavy atom. The molecule has 0 aliphatic carbocycles. The first kappa shape index (κ1) is 21.5. The van der Waals surface area contributed by atoms with Gasteiger partial charge in [-0.3, -0.25) is 5.32 Å². The molecule has 3 aromatic rings. The Hall–Kier alpha value is -3.19. The Morgan fingerprint density at radius 2 is 1.83 bits per heavy atom. The summed E-state index contributed by atoms with van der Waals surface area (Å²) in [6.45, 7) is 6.22. The maximum atomic E-state index is 11.7. The summed E-state index contributed by atoms with van der Waals surface area (Å²) in [4.78, 5) is 11.7. The van der Waals surface area contributed by atoms with Gasteiger partial charge in [0.05, 0.1) is 30.1 Å². The van der Waals surface area contributed by atoms with Crippen LogP contribution in [0.3, 0.4) is 0 Å². The predicted molar refractivity (Wildman–Crippen MR) is 120 cm³/mol. The summed E-state index contributed by atoms with van der Waals surface area (Å²) < 4.78 is 18.0. The molecule has 30 heavy (non-hydrogen) atoms. The van der Waals surface area contributed by atoms with Crippen LogP contribution < -0.4 is 15.8 Å². The highest BCUT2D eigenvalue weighted by atomic mass is 16.5. The number of carbonyl (C=O) groups is 1. The van der Waals surface area contributed by atoms with Gasteiger partial charge in [-0.1, -0.05) is 19.1 Å². The predicted octanol–water partition coefficient (Wildman–Crippen LogP) is 4.89. The lowest BCUT2D eigenvalue weighted by Gasteiger charge is -2.11. The number of rotatable bonds is 9. The summed E-state index contributed by atoms with van der Waals surface area (Å²) >= 11 is 0. The van der Waals surface area contributed by atoms with Gasteiger partial charge in [0.25, 0.3) is 0 Å². The number of nitrogens with zero attached hydrogens (tertiary/aromatic N) is 1. The molecule has 0 aliphatic heterocycles. The fourth-order valence-corrected chi connectivity index (χ4v) is 3.39. The maximum Gasteiger partial charge on any atom is 0.411 e. The van der Waals surface area contributed by atoms with E-state index in [9.17, 15) is 4.79 Å². The van der Waals surface area contributed by atoms with Gasteiger partial charge in [0.1, 0.15) is 12.4 Å². The van der Waals surface area contributed by atoms with Gasteiger partial charge in [0.15, 0.2) is 0 Å². The number of hydrogen-bond donors (Lipinski definition) is 2. The molecule has 7 nitrogen and oxygen atoms in total. The Morgan fingerprint density at radius 3 is 2.50 bits per heavy atom. The first-order valence-corrected chi connectivity index (χ1v) is 10.2. The van der Waals surface area contributed by atoms with Crippen molar-refractivity contribution in [1.82, 2.24) is 4.57 Å². The fourth-order valence-electron chi connectivity index (χ4n) is 3.39. The van der Waals surface area contributed by atoms with Crippen molar-refractivity contribution in [3.8, 4) is 17.0 Å². The van der Waals surface area contributed by atoms with E-state index in [2.05, 4.69) is 16.8 Å². The van der Waals surface area contributed by atoms with E-state index in [0.717, 1.165) is 46.6 Å². The number of nitrogen functional groups attached to an aromatic ring is 1. The molecule has 7 heteroatoms. The summed E-state index contributed by atoms with van der Waals surface area (Å²) in [5.41, 5.74) is 10.9. The van der Waals surface area contributed by atoms with E-state index in [4.69, 9.17) is 19.9 Å². The molecule has 3 N–H and O–H groups in total. The number of aryl methyl sites for hydroxylation is 1. The van der Waals surface area contributed by atoms with Crippen LogP contribution in [0.15, 0.2) is 42.5 Å². The van der Waals surface area contributed by atoms with Crippen molar-refractivity contribution in [3.63, 3.8) is 0 Å². The molecule has 0 unspecified atom stereocenters. The van der Waals surface area contributed by atoms with Gasteiger partial charge in [0, 0.05) is 36.4 Å². The van der Waals surface area contributed by atoms with E-state index >= 15 is 0 Å². The molecular weight excluding hydrogens is 382 g/mol. The zero-order valence-electron chi connectivity index (χ0n) is 17.7. The van der Waals surface area contributed by atoms with Gasteiger partial charge in [-0.25, -0.2) is 4.79 Å². The molecule has 0 spiro atoms. The number of methoxy groups -OCH3 is 1. The zero-order valence-corrected chi connectivity index (χ0v) is 17.7. The SMILES string of the molecule is CCCOC(=O)Nc1ccc(-c2c(N)c3ccc(OCCOC)cc3n2CC)cc1. The van der Waals surface area contributed by atoms with Crippen LogP contribution in [0.4, 0.5) is 16.2 Å². The second-order valence-corrected chi connectivity index (χ2v) is 6.87. The quantitative estimate of drug-likeness (QED) is 0.489. The number of fused-ring (bicyclic) bond motifs is 1. The minimum Gasteiger partial charge on any atom is -0.491 e. The second-order valence-electron chi connectivity index (χ2n) is 6.87. The maximum absolute atomic E-state index is 11.7. The molecule has 0 bridgehead atoms. The highest BCUT2D eigenvalue weighted by Crippen LogP contribution is 2.38. The van der Waals surface area contributed by atoms with Crippen molar-refractivity contribution in [2.75, 3.05) is 38.0 Å². The molecule has 1 amide bonds. The Kier molecular flexibility index (Phi) is 7.19. The van der Waals surface area contributed by atoms with Crippen LogP contribution in [0.1, 0.15) is 20.3 Å². The van der Waals surface area contributed by atoms with Crippen LogP contribution in [0.2, 0.25) is 0 Å². The Bertz CT molecular complexity index is 996. The van der Waals surface area contributed by atoms with Crippen LogP contribution >= 0.6 is 0 Å². The number of hydrogen-bond acceptors (Lipinski definition) is 5. The van der Waals surface area contributed by atoms with Gasteiger partial charge in [-0.15, -0.1) is 0 Å². The number of nitrogens with one attached hydrogen (secondary N) is 1. The van der Waals surface area contributed by atoms with E-state index < -0.39 is 6.09 Å². The van der Waals surface area contributed by atoms with E-state index in [1.54, 1.807) is 7.11 Å². The number of ether oxygens (including phenoxy) is 3. The average Bonchev–Trinajstić information content (AvgIpc) is 3.04. The van der Waals surface area contributed by atoms with Crippen molar-refractivity contribution in [1.29, 1.82) is 0 Å². The van der Waals surface area contributed by atoms with Crippen molar-refractivity contribution in [2.24, 2.45) is 0 Å². The number of anilines is 2. The molecule has 2 aromatic carbocycles. The first-order valence-electron chi connectivity index (χ1n) is 10.2. The minimum absolute atomic E-state index is 0.397. The van der Waals surface area contributed by atoms with Crippen molar-refractivity contribution in [3.05, 3.63) is 42.5 Å². The summed E-state index contributed by atoms with van der Waals surface area (Å²) in [5, 5.41) is 3.71. The molecule has 0 atom stereocenters. The summed E-state index contributed by atoms with van der Waals surface area (Å²) in [5.74, 6) is 0.781. The van der Waals surface area contributed by atoms with Crippen LogP contribution in [0.25, 0.3) is 22.2 Å². The number of aromatic nitrogens is 1. The summed E-state index contributed by atoms with van der Waals surface area (Å²) in [6, 6.07) is 13.5. The normalized spacial score (nSPS) is 10.9. The molecule has 0 radical (unpaired) electrons. The molecule has 1 aromatic heterocycles. The van der Waals surface area contributed by atoms with E-state index in [1.165, 1.54) is 0 Å². The highest BCUT2D eigenvalue weighted by Gasteiger charge is 2.17. The first-order chi connectivity index (χ1) is 14.6. The number of carbonyl (C=O) groups excluding carboxylic acids is 1. The van der Waals surface area contributed by atoms with E-state index in [0.29, 0.717) is 25.5 Å². The number of amides is 1. The third kappa shape index (κ3) is 4.68. The molecule has 1 heterocycles. The number of benzene rings is 2. The summed E-state index contributed by atoms with van der Waals surface area (Å²) in [6.07, 6.45) is 0.333. The minimum atomic E-state index is -0.451. The monoisotopic (exact) mass is 411 g/mol. The van der Waals surface area contributed by atoms with Gasteiger partial charge in [-0.05, 0) is 37.6 Å². The lowest BCUT2D eigenvalue weighted by Crippen LogP contribution is -2.13. The average molecular weight is 412 g/mol. The molecule has 0 saturated heterocycles. The molecule has 3 rings (SSSR count). The summed E-state index contributed by atoms with van der Waals surface area (Å²) in [7, 11) is 1.65. The van der Waals surface area contributed by atoms with Crippen molar-refractivity contribution in [2.45, 2.75) is 26.8 Å². The fraction of sp³-hybridized carbons (Fsp3) is 0.348. The Labute approximate surface area is 176 Å². The molecule has 0 fully saturated rings. The van der Waals surface area contributed by atoms with Crippen LogP contribution in [0, 0.1) is 0 Å². The molecular formula is C23H29N3O4. The van der Waals surface area contributed by atoms with Crippen molar-refractivity contribution >= 4 is 28.4 Å². The van der Waals surface area contributed by atoms with Gasteiger partial charge in [-0.2, -0.15) is 0 Å². The second kappa shape index (κ2) is 10.0. The number of nitrogens with two attached hydrogens (primary N) is 1. The Balaban J connectivity index is 1.89. The smallest absolute Gasteiger partial charge is 0.411 e. The third-order valence-electron chi connectivity index (χ3n) is 4.79. The topological polar surface area (TPSA) is 87.7 Å². The van der Waals surface area contributed by atoms with Gasteiger partial charge >= 0.3 is 6.09 Å². The zero-order chi connectivity index (χ0) is 21.5. The highest BCUT2D eigenvalue weighted by molar-refractivity contribution is 6.01. The van der Waals surface area contributed by atoms with Gasteiger partial charge < -0.3 is 24.5 Å². The van der Waals surface area contributed by atoms with Crippen LogP contribution in [0.5, 0.6) is 5.75 Å². The van der Waals surface area contributed by atoms with E-state index in [-0.39, 0.29) is 0 Å². The third-order valence-corrected chi connectivity index (χ3v) is 4.79. The standard InChI is InChI=1S/C23H29N3O4/c1-4-12-30-23(27)25-17-8-6-16(7-9-17)22-21(24)19-11-10-18(29-14-13-28-3)15-20(19)26(22)5-2/h6-11,15H,4-5,12-14,24H2,1-3H3,(H,25,27). The lowest BCUT2D eigenvalue weighted by molar-refractivity contribution is 0.146. The van der Waals surface area contributed by atoms with Crippen LogP contribution in [-0.2, 0) is 16.0 Å².